The number of carbonyl (C=O) groups is 1. The van der Waals surface area contributed by atoms with Crippen LogP contribution in [0.2, 0.25) is 0 Å². The zero-order valence-corrected chi connectivity index (χ0v) is 11.8. The largest absolute Gasteiger partial charge is 0.381 e. The fraction of sp³-hybridized carbons (Fsp3) is 0.562. The first-order valence-electron chi connectivity index (χ1n) is 7.51. The summed E-state index contributed by atoms with van der Waals surface area (Å²) in [6.07, 6.45) is 3.15. The van der Waals surface area contributed by atoms with Gasteiger partial charge in [0.25, 0.3) is 5.91 Å². The first-order valence-corrected chi connectivity index (χ1v) is 7.51. The van der Waals surface area contributed by atoms with E-state index in [9.17, 15) is 4.79 Å². The summed E-state index contributed by atoms with van der Waals surface area (Å²) in [5.74, 6) is 0.608. The van der Waals surface area contributed by atoms with E-state index in [1.807, 2.05) is 12.1 Å². The summed E-state index contributed by atoms with van der Waals surface area (Å²) in [5, 5.41) is 6.41. The smallest absolute Gasteiger partial charge is 0.251 e. The monoisotopic (exact) mass is 274 g/mol. The molecule has 2 aliphatic rings. The normalized spacial score (nSPS) is 19.4. The molecule has 108 valence electrons. The van der Waals surface area contributed by atoms with Crippen molar-refractivity contribution in [3.8, 4) is 0 Å². The van der Waals surface area contributed by atoms with Gasteiger partial charge in [0.2, 0.25) is 0 Å². The third kappa shape index (κ3) is 3.19. The van der Waals surface area contributed by atoms with Gasteiger partial charge in [-0.25, -0.2) is 0 Å². The maximum Gasteiger partial charge on any atom is 0.251 e. The van der Waals surface area contributed by atoms with Crippen molar-refractivity contribution < 1.29 is 9.53 Å². The first kappa shape index (κ1) is 13.6. The number of rotatable bonds is 3. The molecule has 1 aromatic rings. The van der Waals surface area contributed by atoms with Crippen molar-refractivity contribution in [2.45, 2.75) is 25.8 Å². The molecule has 20 heavy (non-hydrogen) atoms. The Hall–Kier alpha value is -1.39. The van der Waals surface area contributed by atoms with Crippen LogP contribution < -0.4 is 10.6 Å². The summed E-state index contributed by atoms with van der Waals surface area (Å²) < 4.78 is 5.33. The van der Waals surface area contributed by atoms with Gasteiger partial charge in [-0.15, -0.1) is 0 Å². The van der Waals surface area contributed by atoms with Crippen LogP contribution in [0.5, 0.6) is 0 Å². The van der Waals surface area contributed by atoms with E-state index in [-0.39, 0.29) is 5.91 Å². The molecule has 1 amide bonds. The molecule has 2 heterocycles. The lowest BCUT2D eigenvalue weighted by molar-refractivity contribution is 0.0642. The average molecular weight is 274 g/mol. The lowest BCUT2D eigenvalue weighted by Gasteiger charge is -2.22. The van der Waals surface area contributed by atoms with E-state index in [1.54, 1.807) is 0 Å². The minimum Gasteiger partial charge on any atom is -0.381 e. The number of nitrogens with one attached hydrogen (secondary N) is 2. The second-order valence-corrected chi connectivity index (χ2v) is 5.68. The maximum absolute atomic E-state index is 12.2. The Bertz CT molecular complexity index is 481. The van der Waals surface area contributed by atoms with Crippen LogP contribution >= 0.6 is 0 Å². The molecule has 1 saturated heterocycles. The van der Waals surface area contributed by atoms with Gasteiger partial charge in [0.15, 0.2) is 0 Å². The Balaban J connectivity index is 1.59. The van der Waals surface area contributed by atoms with Gasteiger partial charge in [-0.3, -0.25) is 4.79 Å². The van der Waals surface area contributed by atoms with Crippen molar-refractivity contribution in [3.05, 3.63) is 34.9 Å². The third-order valence-corrected chi connectivity index (χ3v) is 4.25. The second kappa shape index (κ2) is 6.37. The Kier molecular flexibility index (Phi) is 4.33. The van der Waals surface area contributed by atoms with E-state index in [0.717, 1.165) is 57.7 Å². The number of carbonyl (C=O) groups excluding carboxylic acids is 1. The standard InChI is InChI=1S/C16H22N2O2/c19-16(18-10-12-4-7-20-8-5-12)14-2-1-13-3-6-17-11-15(13)9-14/h1-2,9,12,17H,3-8,10-11H2,(H,18,19). The number of fused-ring (bicyclic) bond motifs is 1. The van der Waals surface area contributed by atoms with E-state index >= 15 is 0 Å². The van der Waals surface area contributed by atoms with Gasteiger partial charge in [0.1, 0.15) is 0 Å². The molecule has 3 rings (SSSR count). The summed E-state index contributed by atoms with van der Waals surface area (Å²) in [4.78, 5) is 12.2. The van der Waals surface area contributed by atoms with Gasteiger partial charge in [-0.2, -0.15) is 0 Å². The predicted octanol–water partition coefficient (Wildman–Crippen LogP) is 1.49. The fourth-order valence-electron chi connectivity index (χ4n) is 2.91. The fourth-order valence-corrected chi connectivity index (χ4v) is 2.91. The predicted molar refractivity (Wildman–Crippen MR) is 77.7 cm³/mol. The van der Waals surface area contributed by atoms with Crippen LogP contribution in [0.4, 0.5) is 0 Å². The SMILES string of the molecule is O=C(NCC1CCOCC1)c1ccc2c(c1)CNCC2. The molecule has 1 fully saturated rings. The van der Waals surface area contributed by atoms with Gasteiger partial charge in [-0.05, 0) is 55.0 Å². The van der Waals surface area contributed by atoms with Crippen LogP contribution in [0.25, 0.3) is 0 Å². The molecule has 0 atom stereocenters. The van der Waals surface area contributed by atoms with E-state index in [4.69, 9.17) is 4.74 Å². The summed E-state index contributed by atoms with van der Waals surface area (Å²) in [7, 11) is 0. The zero-order chi connectivity index (χ0) is 13.8. The van der Waals surface area contributed by atoms with Crippen LogP contribution in [-0.4, -0.2) is 32.2 Å². The Labute approximate surface area is 119 Å². The molecule has 0 unspecified atom stereocenters. The molecule has 2 aliphatic heterocycles. The summed E-state index contributed by atoms with van der Waals surface area (Å²) in [5.41, 5.74) is 3.40. The van der Waals surface area contributed by atoms with Gasteiger partial charge >= 0.3 is 0 Å². The second-order valence-electron chi connectivity index (χ2n) is 5.68. The molecule has 4 nitrogen and oxygen atoms in total. The lowest BCUT2D eigenvalue weighted by Crippen LogP contribution is -2.32. The van der Waals surface area contributed by atoms with Crippen molar-refractivity contribution in [1.29, 1.82) is 0 Å². The third-order valence-electron chi connectivity index (χ3n) is 4.25. The molecule has 0 bridgehead atoms. The zero-order valence-electron chi connectivity index (χ0n) is 11.8. The molecule has 2 N–H and O–H groups in total. The van der Waals surface area contributed by atoms with Crippen molar-refractivity contribution in [2.24, 2.45) is 5.92 Å². The number of hydrogen-bond acceptors (Lipinski definition) is 3. The average Bonchev–Trinajstić information content (AvgIpc) is 2.53. The number of benzene rings is 1. The minimum atomic E-state index is 0.0462. The minimum absolute atomic E-state index is 0.0462. The molecule has 4 heteroatoms. The van der Waals surface area contributed by atoms with Gasteiger partial charge in [0, 0.05) is 31.9 Å². The Morgan fingerprint density at radius 3 is 3.00 bits per heavy atom. The Morgan fingerprint density at radius 2 is 2.15 bits per heavy atom. The van der Waals surface area contributed by atoms with Crippen molar-refractivity contribution in [2.75, 3.05) is 26.3 Å². The van der Waals surface area contributed by atoms with E-state index in [1.165, 1.54) is 11.1 Å². The number of ether oxygens (including phenoxy) is 1. The van der Waals surface area contributed by atoms with Crippen LogP contribution in [0.3, 0.4) is 0 Å². The topological polar surface area (TPSA) is 50.4 Å². The number of amides is 1. The molecule has 0 aliphatic carbocycles. The van der Waals surface area contributed by atoms with Gasteiger partial charge in [-0.1, -0.05) is 6.07 Å². The van der Waals surface area contributed by atoms with Gasteiger partial charge < -0.3 is 15.4 Å². The highest BCUT2D eigenvalue weighted by atomic mass is 16.5. The van der Waals surface area contributed by atoms with Crippen molar-refractivity contribution in [1.82, 2.24) is 10.6 Å². The maximum atomic E-state index is 12.2. The van der Waals surface area contributed by atoms with Crippen LogP contribution in [-0.2, 0) is 17.7 Å². The highest BCUT2D eigenvalue weighted by Gasteiger charge is 2.16. The molecule has 0 saturated carbocycles. The molecular weight excluding hydrogens is 252 g/mol. The van der Waals surface area contributed by atoms with E-state index in [0.29, 0.717) is 5.92 Å². The molecule has 0 radical (unpaired) electrons. The van der Waals surface area contributed by atoms with Crippen molar-refractivity contribution >= 4 is 5.91 Å². The summed E-state index contributed by atoms with van der Waals surface area (Å²) in [6, 6.07) is 6.07. The van der Waals surface area contributed by atoms with Crippen LogP contribution in [0.1, 0.15) is 34.3 Å². The highest BCUT2D eigenvalue weighted by molar-refractivity contribution is 5.94. The molecule has 1 aromatic carbocycles. The van der Waals surface area contributed by atoms with Crippen molar-refractivity contribution in [3.63, 3.8) is 0 Å². The lowest BCUT2D eigenvalue weighted by atomic mass is 9.97. The highest BCUT2D eigenvalue weighted by Crippen LogP contribution is 2.17. The first-order chi connectivity index (χ1) is 9.83. The van der Waals surface area contributed by atoms with Gasteiger partial charge in [0.05, 0.1) is 0 Å². The molecular formula is C16H22N2O2. The number of hydrogen-bond donors (Lipinski definition) is 2. The van der Waals surface area contributed by atoms with Crippen LogP contribution in [0, 0.1) is 5.92 Å². The quantitative estimate of drug-likeness (QED) is 0.878. The van der Waals surface area contributed by atoms with E-state index in [2.05, 4.69) is 16.7 Å². The molecule has 0 aromatic heterocycles. The summed E-state index contributed by atoms with van der Waals surface area (Å²) >= 11 is 0. The Morgan fingerprint density at radius 1 is 1.30 bits per heavy atom. The van der Waals surface area contributed by atoms with E-state index < -0.39 is 0 Å². The molecule has 0 spiro atoms. The summed E-state index contributed by atoms with van der Waals surface area (Å²) in [6.45, 7) is 4.31. The van der Waals surface area contributed by atoms with Crippen LogP contribution in [0.15, 0.2) is 18.2 Å².